The molecule has 1 rings (SSSR count). The zero-order valence-electron chi connectivity index (χ0n) is 11.2. The Bertz CT molecular complexity index is 257. The highest BCUT2D eigenvalue weighted by molar-refractivity contribution is 4.91. The van der Waals surface area contributed by atoms with Crippen molar-refractivity contribution in [3.8, 4) is 6.07 Å². The molecule has 1 fully saturated rings. The molecule has 0 spiro atoms. The van der Waals surface area contributed by atoms with Crippen molar-refractivity contribution in [1.29, 1.82) is 5.26 Å². The maximum atomic E-state index is 8.89. The summed E-state index contributed by atoms with van der Waals surface area (Å²) in [6, 6.07) is 2.67. The fourth-order valence-corrected chi connectivity index (χ4v) is 2.31. The van der Waals surface area contributed by atoms with Crippen LogP contribution in [0.2, 0.25) is 0 Å². The van der Waals surface area contributed by atoms with Crippen LogP contribution in [0.25, 0.3) is 0 Å². The lowest BCUT2D eigenvalue weighted by atomic mass is 9.89. The van der Waals surface area contributed by atoms with E-state index in [9.17, 15) is 0 Å². The fraction of sp³-hybridized carbons (Fsp3) is 0.929. The molecule has 0 amide bonds. The van der Waals surface area contributed by atoms with E-state index >= 15 is 0 Å². The maximum Gasteiger partial charge on any atom is 0.0683 e. The third kappa shape index (κ3) is 6.05. The second-order valence-corrected chi connectivity index (χ2v) is 5.87. The standard InChI is InChI=1S/C14H26N2O/c1-14(2,11-15)8-3-4-9-17-13-7-5-6-12(16)10-13/h12-13H,3-10,16H2,1-2H3. The Hall–Kier alpha value is -0.590. The lowest BCUT2D eigenvalue weighted by molar-refractivity contribution is 0.0210. The molecule has 0 radical (unpaired) electrons. The highest BCUT2D eigenvalue weighted by Gasteiger charge is 2.19. The van der Waals surface area contributed by atoms with E-state index in [-0.39, 0.29) is 5.41 Å². The van der Waals surface area contributed by atoms with Crippen molar-refractivity contribution in [2.24, 2.45) is 11.1 Å². The Labute approximate surface area is 105 Å². The molecule has 98 valence electrons. The predicted octanol–water partition coefficient (Wildman–Crippen LogP) is 2.99. The fourth-order valence-electron chi connectivity index (χ4n) is 2.31. The van der Waals surface area contributed by atoms with Crippen molar-refractivity contribution in [3.63, 3.8) is 0 Å². The van der Waals surface area contributed by atoms with Crippen molar-refractivity contribution in [3.05, 3.63) is 0 Å². The number of unbranched alkanes of at least 4 members (excludes halogenated alkanes) is 1. The quantitative estimate of drug-likeness (QED) is 0.724. The Morgan fingerprint density at radius 1 is 1.35 bits per heavy atom. The largest absolute Gasteiger partial charge is 0.378 e. The van der Waals surface area contributed by atoms with Gasteiger partial charge in [0.05, 0.1) is 17.6 Å². The predicted molar refractivity (Wildman–Crippen MR) is 69.4 cm³/mol. The van der Waals surface area contributed by atoms with E-state index in [1.165, 1.54) is 6.42 Å². The van der Waals surface area contributed by atoms with Crippen molar-refractivity contribution in [2.75, 3.05) is 6.61 Å². The average molecular weight is 238 g/mol. The minimum Gasteiger partial charge on any atom is -0.378 e. The van der Waals surface area contributed by atoms with Gasteiger partial charge in [0.15, 0.2) is 0 Å². The SMILES string of the molecule is CC(C)(C#N)CCCCOC1CCCC(N)C1. The van der Waals surface area contributed by atoms with E-state index in [2.05, 4.69) is 6.07 Å². The molecule has 2 N–H and O–H groups in total. The summed E-state index contributed by atoms with van der Waals surface area (Å²) in [7, 11) is 0. The van der Waals surface area contributed by atoms with E-state index in [0.29, 0.717) is 12.1 Å². The first-order chi connectivity index (χ1) is 8.03. The van der Waals surface area contributed by atoms with Crippen molar-refractivity contribution in [2.45, 2.75) is 70.9 Å². The van der Waals surface area contributed by atoms with Crippen LogP contribution in [0.1, 0.15) is 58.8 Å². The van der Waals surface area contributed by atoms with Crippen molar-refractivity contribution < 1.29 is 4.74 Å². The van der Waals surface area contributed by atoms with Gasteiger partial charge in [-0.1, -0.05) is 0 Å². The number of nitriles is 1. The Morgan fingerprint density at radius 2 is 2.12 bits per heavy atom. The zero-order valence-corrected chi connectivity index (χ0v) is 11.2. The van der Waals surface area contributed by atoms with Crippen LogP contribution < -0.4 is 5.73 Å². The topological polar surface area (TPSA) is 59.0 Å². The van der Waals surface area contributed by atoms with Crippen LogP contribution in [-0.2, 0) is 4.74 Å². The first-order valence-electron chi connectivity index (χ1n) is 6.82. The zero-order chi connectivity index (χ0) is 12.7. The van der Waals surface area contributed by atoms with E-state index in [4.69, 9.17) is 15.7 Å². The van der Waals surface area contributed by atoms with Gasteiger partial charge in [0.1, 0.15) is 0 Å². The molecule has 3 heteroatoms. The van der Waals surface area contributed by atoms with Gasteiger partial charge in [0.25, 0.3) is 0 Å². The van der Waals surface area contributed by atoms with Crippen LogP contribution in [0.3, 0.4) is 0 Å². The molecule has 1 saturated carbocycles. The van der Waals surface area contributed by atoms with E-state index in [0.717, 1.165) is 45.1 Å². The summed E-state index contributed by atoms with van der Waals surface area (Å²) >= 11 is 0. The molecule has 0 heterocycles. The lowest BCUT2D eigenvalue weighted by Crippen LogP contribution is -2.32. The van der Waals surface area contributed by atoms with E-state index in [1.54, 1.807) is 0 Å². The second kappa shape index (κ2) is 6.98. The van der Waals surface area contributed by atoms with Gasteiger partial charge >= 0.3 is 0 Å². The summed E-state index contributed by atoms with van der Waals surface area (Å²) in [6.45, 7) is 4.81. The monoisotopic (exact) mass is 238 g/mol. The van der Waals surface area contributed by atoms with Crippen LogP contribution in [0.4, 0.5) is 0 Å². The molecule has 0 bridgehead atoms. The van der Waals surface area contributed by atoms with Gasteiger partial charge in [-0.15, -0.1) is 0 Å². The summed E-state index contributed by atoms with van der Waals surface area (Å²) in [5.74, 6) is 0. The summed E-state index contributed by atoms with van der Waals surface area (Å²) < 4.78 is 5.84. The number of nitrogens with zero attached hydrogens (tertiary/aromatic N) is 1. The van der Waals surface area contributed by atoms with Gasteiger partial charge in [-0.3, -0.25) is 0 Å². The molecule has 0 aromatic carbocycles. The molecule has 0 aliphatic heterocycles. The highest BCUT2D eigenvalue weighted by atomic mass is 16.5. The molecule has 1 aliphatic rings. The minimum atomic E-state index is -0.187. The summed E-state index contributed by atoms with van der Waals surface area (Å²) in [5, 5.41) is 8.89. The van der Waals surface area contributed by atoms with Crippen LogP contribution in [0.15, 0.2) is 0 Å². The second-order valence-electron chi connectivity index (χ2n) is 5.87. The van der Waals surface area contributed by atoms with Gasteiger partial charge in [-0.05, 0) is 58.8 Å². The Balaban J connectivity index is 2.03. The van der Waals surface area contributed by atoms with E-state index < -0.39 is 0 Å². The maximum absolute atomic E-state index is 8.89. The summed E-state index contributed by atoms with van der Waals surface area (Å²) in [5.41, 5.74) is 5.73. The number of hydrogen-bond acceptors (Lipinski definition) is 3. The molecule has 3 nitrogen and oxygen atoms in total. The van der Waals surface area contributed by atoms with Crippen molar-refractivity contribution in [1.82, 2.24) is 0 Å². The average Bonchev–Trinajstić information content (AvgIpc) is 2.29. The minimum absolute atomic E-state index is 0.187. The molecule has 0 aromatic rings. The molecule has 0 aromatic heterocycles. The van der Waals surface area contributed by atoms with E-state index in [1.807, 2.05) is 13.8 Å². The Morgan fingerprint density at radius 3 is 2.76 bits per heavy atom. The third-order valence-electron chi connectivity index (χ3n) is 3.52. The van der Waals surface area contributed by atoms with Crippen LogP contribution in [0, 0.1) is 16.7 Å². The summed E-state index contributed by atoms with van der Waals surface area (Å²) in [4.78, 5) is 0. The van der Waals surface area contributed by atoms with Crippen LogP contribution in [0.5, 0.6) is 0 Å². The number of nitrogens with two attached hydrogens (primary N) is 1. The molecule has 17 heavy (non-hydrogen) atoms. The number of hydrogen-bond donors (Lipinski definition) is 1. The molecule has 2 unspecified atom stereocenters. The van der Waals surface area contributed by atoms with Gasteiger partial charge in [-0.2, -0.15) is 5.26 Å². The third-order valence-corrected chi connectivity index (χ3v) is 3.52. The van der Waals surface area contributed by atoms with Gasteiger partial charge in [0, 0.05) is 12.6 Å². The molecule has 2 atom stereocenters. The number of ether oxygens (including phenoxy) is 1. The molecule has 0 saturated heterocycles. The highest BCUT2D eigenvalue weighted by Crippen LogP contribution is 2.23. The summed E-state index contributed by atoms with van der Waals surface area (Å²) in [6.07, 6.45) is 7.99. The molecular formula is C14H26N2O. The first-order valence-corrected chi connectivity index (χ1v) is 6.82. The normalized spacial score (nSPS) is 25.5. The smallest absolute Gasteiger partial charge is 0.0683 e. The van der Waals surface area contributed by atoms with Gasteiger partial charge < -0.3 is 10.5 Å². The van der Waals surface area contributed by atoms with Gasteiger partial charge in [0.2, 0.25) is 0 Å². The van der Waals surface area contributed by atoms with Crippen molar-refractivity contribution >= 4 is 0 Å². The van der Waals surface area contributed by atoms with Gasteiger partial charge in [-0.25, -0.2) is 0 Å². The van der Waals surface area contributed by atoms with Crippen LogP contribution >= 0.6 is 0 Å². The number of rotatable bonds is 6. The Kier molecular flexibility index (Phi) is 5.94. The first kappa shape index (κ1) is 14.5. The molecule has 1 aliphatic carbocycles. The molecular weight excluding hydrogens is 212 g/mol. The van der Waals surface area contributed by atoms with Crippen LogP contribution in [-0.4, -0.2) is 18.8 Å². The lowest BCUT2D eigenvalue weighted by Gasteiger charge is -2.26.